The van der Waals surface area contributed by atoms with Gasteiger partial charge in [-0.05, 0) is 31.2 Å². The molecule has 0 atom stereocenters. The zero-order chi connectivity index (χ0) is 20.5. The molecule has 5 nitrogen and oxygen atoms in total. The highest BCUT2D eigenvalue weighted by Gasteiger charge is 2.73. The van der Waals surface area contributed by atoms with Gasteiger partial charge in [0.05, 0.1) is 7.11 Å². The van der Waals surface area contributed by atoms with Gasteiger partial charge in [0.25, 0.3) is 5.91 Å². The van der Waals surface area contributed by atoms with E-state index in [-0.39, 0.29) is 5.75 Å². The van der Waals surface area contributed by atoms with E-state index in [1.54, 1.807) is 0 Å². The van der Waals surface area contributed by atoms with Crippen molar-refractivity contribution in [3.63, 3.8) is 0 Å². The molecule has 0 fully saturated rings. The molecule has 2 N–H and O–H groups in total. The SMILES string of the molecule is COc1ccc(C(=O)NC(Nc2ncc(C)s2)(C(F)(F)F)C(F)(F)F)cc1. The first-order valence-corrected chi connectivity index (χ1v) is 8.02. The van der Waals surface area contributed by atoms with Crippen LogP contribution in [0.1, 0.15) is 15.2 Å². The fraction of sp³-hybridized carbons (Fsp3) is 0.333. The highest BCUT2D eigenvalue weighted by molar-refractivity contribution is 7.15. The molecule has 0 radical (unpaired) electrons. The number of thiazole rings is 1. The third kappa shape index (κ3) is 4.26. The Balaban J connectivity index is 2.45. The maximum Gasteiger partial charge on any atom is 0.439 e. The predicted molar refractivity (Wildman–Crippen MR) is 85.8 cm³/mol. The molecular weight excluding hydrogens is 400 g/mol. The number of ether oxygens (including phenoxy) is 1. The van der Waals surface area contributed by atoms with Crippen LogP contribution in [0.2, 0.25) is 0 Å². The normalized spacial score (nSPS) is 12.6. The second-order valence-corrected chi connectivity index (χ2v) is 6.56. The van der Waals surface area contributed by atoms with Crippen LogP contribution in [-0.2, 0) is 0 Å². The van der Waals surface area contributed by atoms with Crippen LogP contribution in [0.15, 0.2) is 30.5 Å². The highest BCUT2D eigenvalue weighted by atomic mass is 32.1. The summed E-state index contributed by atoms with van der Waals surface area (Å²) in [6, 6.07) is 4.54. The molecule has 148 valence electrons. The first kappa shape index (κ1) is 20.8. The number of nitrogens with zero attached hydrogens (tertiary/aromatic N) is 1. The zero-order valence-electron chi connectivity index (χ0n) is 13.8. The van der Waals surface area contributed by atoms with E-state index in [1.807, 2.05) is 0 Å². The van der Waals surface area contributed by atoms with E-state index >= 15 is 0 Å². The van der Waals surface area contributed by atoms with Gasteiger partial charge >= 0.3 is 18.0 Å². The molecule has 2 aromatic rings. The average molecular weight is 413 g/mol. The number of aryl methyl sites for hydroxylation is 1. The van der Waals surface area contributed by atoms with Crippen LogP contribution in [0.4, 0.5) is 31.5 Å². The van der Waals surface area contributed by atoms with Gasteiger partial charge in [-0.25, -0.2) is 4.98 Å². The third-order valence-electron chi connectivity index (χ3n) is 3.42. The molecule has 0 aliphatic rings. The number of halogens is 6. The molecule has 1 heterocycles. The van der Waals surface area contributed by atoms with Gasteiger partial charge in [-0.3, -0.25) is 4.79 Å². The molecule has 0 aliphatic heterocycles. The lowest BCUT2D eigenvalue weighted by Gasteiger charge is -2.38. The van der Waals surface area contributed by atoms with E-state index in [2.05, 4.69) is 4.98 Å². The van der Waals surface area contributed by atoms with Crippen LogP contribution in [0, 0.1) is 6.92 Å². The fourth-order valence-electron chi connectivity index (χ4n) is 2.03. The molecule has 0 spiro atoms. The molecule has 12 heteroatoms. The van der Waals surface area contributed by atoms with E-state index in [0.717, 1.165) is 23.6 Å². The number of hydrogen-bond acceptors (Lipinski definition) is 5. The Hall–Kier alpha value is -2.50. The lowest BCUT2D eigenvalue weighted by molar-refractivity contribution is -0.294. The standard InChI is InChI=1S/C15H13F6N3O2S/c1-8-7-22-12(27-8)24-13(14(16,17)18,15(19,20)21)23-11(25)9-3-5-10(26-2)6-4-9/h3-7H,1-2H3,(H,22,24)(H,23,25). The Kier molecular flexibility index (Phi) is 5.59. The number of alkyl halides is 6. The molecule has 0 aliphatic carbocycles. The van der Waals surface area contributed by atoms with Crippen molar-refractivity contribution in [2.45, 2.75) is 24.9 Å². The fourth-order valence-corrected chi connectivity index (χ4v) is 2.75. The number of anilines is 1. The van der Waals surface area contributed by atoms with Crippen molar-refractivity contribution < 1.29 is 35.9 Å². The average Bonchev–Trinajstić information content (AvgIpc) is 2.97. The summed E-state index contributed by atoms with van der Waals surface area (Å²) in [6.07, 6.45) is -10.7. The van der Waals surface area contributed by atoms with Crippen molar-refractivity contribution in [2.75, 3.05) is 12.4 Å². The molecule has 1 aromatic carbocycles. The lowest BCUT2D eigenvalue weighted by atomic mass is 10.1. The minimum absolute atomic E-state index is 0.279. The van der Waals surface area contributed by atoms with E-state index in [1.165, 1.54) is 31.5 Å². The summed E-state index contributed by atoms with van der Waals surface area (Å²) < 4.78 is 85.9. The Labute approximate surface area is 153 Å². The zero-order valence-corrected chi connectivity index (χ0v) is 14.6. The second-order valence-electron chi connectivity index (χ2n) is 5.33. The molecule has 1 amide bonds. The molecular formula is C15H13F6N3O2S. The molecule has 1 aromatic heterocycles. The van der Waals surface area contributed by atoms with Gasteiger partial charge in [-0.15, -0.1) is 11.3 Å². The van der Waals surface area contributed by atoms with E-state index in [9.17, 15) is 31.1 Å². The van der Waals surface area contributed by atoms with E-state index < -0.39 is 34.6 Å². The third-order valence-corrected chi connectivity index (χ3v) is 4.25. The summed E-state index contributed by atoms with van der Waals surface area (Å²) >= 11 is 0.585. The van der Waals surface area contributed by atoms with Crippen LogP contribution in [-0.4, -0.2) is 36.0 Å². The monoisotopic (exact) mass is 413 g/mol. The molecule has 27 heavy (non-hydrogen) atoms. The summed E-state index contributed by atoms with van der Waals surface area (Å²) in [7, 11) is 1.31. The summed E-state index contributed by atoms with van der Waals surface area (Å²) in [6.45, 7) is 1.46. The quantitative estimate of drug-likeness (QED) is 0.572. The van der Waals surface area contributed by atoms with Crippen molar-refractivity contribution in [3.8, 4) is 5.75 Å². The smallest absolute Gasteiger partial charge is 0.439 e. The molecule has 2 rings (SSSR count). The maximum atomic E-state index is 13.5. The van der Waals surface area contributed by atoms with Gasteiger partial charge in [-0.1, -0.05) is 0 Å². The number of amides is 1. The molecule has 0 saturated heterocycles. The molecule has 0 bridgehead atoms. The number of carbonyl (C=O) groups excluding carboxylic acids is 1. The van der Waals surface area contributed by atoms with Crippen molar-refractivity contribution >= 4 is 22.4 Å². The molecule has 0 saturated carbocycles. The number of benzene rings is 1. The highest BCUT2D eigenvalue weighted by Crippen LogP contribution is 2.44. The first-order chi connectivity index (χ1) is 12.4. The number of carbonyl (C=O) groups is 1. The minimum Gasteiger partial charge on any atom is -0.497 e. The number of methoxy groups -OCH3 is 1. The number of rotatable bonds is 5. The summed E-state index contributed by atoms with van der Waals surface area (Å²) in [4.78, 5) is 16.0. The van der Waals surface area contributed by atoms with Gasteiger partial charge in [0.15, 0.2) is 5.13 Å². The Morgan fingerprint density at radius 3 is 2.04 bits per heavy atom. The van der Waals surface area contributed by atoms with E-state index in [4.69, 9.17) is 4.74 Å². The van der Waals surface area contributed by atoms with Crippen LogP contribution in [0.5, 0.6) is 5.75 Å². The Bertz CT molecular complexity index is 787. The second kappa shape index (κ2) is 7.25. The number of aromatic nitrogens is 1. The molecule has 0 unspecified atom stereocenters. The topological polar surface area (TPSA) is 63.2 Å². The predicted octanol–water partition coefficient (Wildman–Crippen LogP) is 4.12. The summed E-state index contributed by atoms with van der Waals surface area (Å²) in [5.41, 5.74) is -5.13. The first-order valence-electron chi connectivity index (χ1n) is 7.20. The summed E-state index contributed by atoms with van der Waals surface area (Å²) in [5.74, 6) is -1.30. The van der Waals surface area contributed by atoms with Crippen molar-refractivity contribution in [2.24, 2.45) is 0 Å². The van der Waals surface area contributed by atoms with Crippen molar-refractivity contribution in [3.05, 3.63) is 40.9 Å². The van der Waals surface area contributed by atoms with E-state index in [0.29, 0.717) is 16.2 Å². The maximum absolute atomic E-state index is 13.5. The Morgan fingerprint density at radius 1 is 1.07 bits per heavy atom. The summed E-state index contributed by atoms with van der Waals surface area (Å²) in [5, 5.41) is 1.72. The van der Waals surface area contributed by atoms with Gasteiger partial charge in [0.2, 0.25) is 0 Å². The van der Waals surface area contributed by atoms with Crippen LogP contribution in [0.25, 0.3) is 0 Å². The van der Waals surface area contributed by atoms with Crippen LogP contribution >= 0.6 is 11.3 Å². The van der Waals surface area contributed by atoms with Gasteiger partial charge < -0.3 is 15.4 Å². The van der Waals surface area contributed by atoms with Crippen molar-refractivity contribution in [1.29, 1.82) is 0 Å². The van der Waals surface area contributed by atoms with Crippen LogP contribution < -0.4 is 15.4 Å². The largest absolute Gasteiger partial charge is 0.497 e. The van der Waals surface area contributed by atoms with Crippen molar-refractivity contribution in [1.82, 2.24) is 10.3 Å². The van der Waals surface area contributed by atoms with Crippen LogP contribution in [0.3, 0.4) is 0 Å². The van der Waals surface area contributed by atoms with Gasteiger partial charge in [-0.2, -0.15) is 26.3 Å². The van der Waals surface area contributed by atoms with Gasteiger partial charge in [0.1, 0.15) is 5.75 Å². The number of hydrogen-bond donors (Lipinski definition) is 2. The number of nitrogens with one attached hydrogen (secondary N) is 2. The van der Waals surface area contributed by atoms with Gasteiger partial charge in [0, 0.05) is 16.6 Å². The lowest BCUT2D eigenvalue weighted by Crippen LogP contribution is -2.72. The minimum atomic E-state index is -5.91. The Morgan fingerprint density at radius 2 is 1.63 bits per heavy atom.